The molecule has 0 saturated carbocycles. The van der Waals surface area contributed by atoms with Gasteiger partial charge in [-0.05, 0) is 44.2 Å². The van der Waals surface area contributed by atoms with Crippen LogP contribution in [0, 0.1) is 26.7 Å². The van der Waals surface area contributed by atoms with Crippen LogP contribution in [0.1, 0.15) is 48.8 Å². The van der Waals surface area contributed by atoms with Crippen LogP contribution in [0.15, 0.2) is 35.5 Å². The number of benzene rings is 1. The second kappa shape index (κ2) is 8.99. The summed E-state index contributed by atoms with van der Waals surface area (Å²) in [6.07, 6.45) is 0.916. The first-order chi connectivity index (χ1) is 11.9. The van der Waals surface area contributed by atoms with Gasteiger partial charge in [0.1, 0.15) is 0 Å². The summed E-state index contributed by atoms with van der Waals surface area (Å²) in [5.41, 5.74) is 4.19. The average Bonchev–Trinajstić information content (AvgIpc) is 2.57. The molecular weight excluding hydrogens is 330 g/mol. The number of aryl methyl sites for hydroxylation is 2. The van der Waals surface area contributed by atoms with Crippen molar-refractivity contribution in [1.82, 2.24) is 15.3 Å². The van der Waals surface area contributed by atoms with Gasteiger partial charge in [-0.3, -0.25) is 4.79 Å². The maximum Gasteiger partial charge on any atom is 0.230 e. The molecule has 0 aliphatic carbocycles. The Balaban J connectivity index is 1.99. The molecule has 1 heterocycles. The summed E-state index contributed by atoms with van der Waals surface area (Å²) < 4.78 is 0. The average molecular weight is 358 g/mol. The van der Waals surface area contributed by atoms with Crippen molar-refractivity contribution in [2.45, 2.75) is 52.2 Å². The summed E-state index contributed by atoms with van der Waals surface area (Å²) in [5, 5.41) is 3.82. The van der Waals surface area contributed by atoms with Crippen LogP contribution in [0.3, 0.4) is 0 Å². The Morgan fingerprint density at radius 3 is 2.24 bits per heavy atom. The summed E-state index contributed by atoms with van der Waals surface area (Å²) in [6.45, 7) is 10.3. The molecule has 0 aliphatic rings. The number of hydrogen-bond acceptors (Lipinski definition) is 4. The minimum atomic E-state index is 0.0129. The van der Waals surface area contributed by atoms with Crippen molar-refractivity contribution < 1.29 is 4.79 Å². The van der Waals surface area contributed by atoms with Crippen molar-refractivity contribution in [2.75, 3.05) is 5.75 Å². The molecule has 1 aromatic heterocycles. The zero-order valence-corrected chi connectivity index (χ0v) is 16.5. The van der Waals surface area contributed by atoms with E-state index in [1.165, 1.54) is 11.8 Å². The first-order valence-electron chi connectivity index (χ1n) is 8.65. The van der Waals surface area contributed by atoms with Gasteiger partial charge >= 0.3 is 0 Å². The largest absolute Gasteiger partial charge is 0.349 e. The quantitative estimate of drug-likeness (QED) is 0.589. The van der Waals surface area contributed by atoms with Crippen molar-refractivity contribution in [3.8, 4) is 0 Å². The summed E-state index contributed by atoms with van der Waals surface area (Å²) >= 11 is 1.39. The number of amides is 1. The van der Waals surface area contributed by atoms with Gasteiger partial charge in [-0.25, -0.2) is 9.97 Å². The second-order valence-corrected chi connectivity index (χ2v) is 7.69. The molecule has 0 aliphatic heterocycles. The van der Waals surface area contributed by atoms with Gasteiger partial charge in [0.25, 0.3) is 0 Å². The van der Waals surface area contributed by atoms with E-state index < -0.39 is 0 Å². The number of carbonyl (C=O) groups excluding carboxylic acids is 1. The fourth-order valence-corrected chi connectivity index (χ4v) is 3.35. The molecule has 25 heavy (non-hydrogen) atoms. The van der Waals surface area contributed by atoms with Crippen LogP contribution in [0.5, 0.6) is 0 Å². The molecule has 4 nitrogen and oxygen atoms in total. The number of carbonyl (C=O) groups is 1. The first-order valence-corrected chi connectivity index (χ1v) is 9.64. The van der Waals surface area contributed by atoms with Crippen LogP contribution < -0.4 is 5.32 Å². The molecule has 5 heteroatoms. The molecule has 1 N–H and O–H groups in total. The number of rotatable bonds is 7. The highest BCUT2D eigenvalue weighted by molar-refractivity contribution is 7.99. The molecular formula is C20H27N3OS. The first kappa shape index (κ1) is 19.4. The number of nitrogens with one attached hydrogen (secondary N) is 1. The van der Waals surface area contributed by atoms with Crippen molar-refractivity contribution in [3.05, 3.63) is 52.8 Å². The number of hydrogen-bond donors (Lipinski definition) is 1. The molecule has 0 unspecified atom stereocenters. The highest BCUT2D eigenvalue weighted by Gasteiger charge is 2.16. The number of thioether (sulfide) groups is 1. The third-order valence-corrected chi connectivity index (χ3v) is 5.04. The smallest absolute Gasteiger partial charge is 0.230 e. The fourth-order valence-electron chi connectivity index (χ4n) is 2.61. The van der Waals surface area contributed by atoms with E-state index in [1.807, 2.05) is 39.0 Å². The SMILES string of the molecule is Cc1nc(SCC(=O)N[C@@H](CC(C)C)c2ccccc2)nc(C)c1C. The van der Waals surface area contributed by atoms with Crippen LogP contribution in [0.4, 0.5) is 0 Å². The lowest BCUT2D eigenvalue weighted by atomic mass is 9.97. The maximum absolute atomic E-state index is 12.4. The van der Waals surface area contributed by atoms with Gasteiger partial charge in [0, 0.05) is 11.4 Å². The van der Waals surface area contributed by atoms with Crippen molar-refractivity contribution in [2.24, 2.45) is 5.92 Å². The van der Waals surface area contributed by atoms with Gasteiger partial charge < -0.3 is 5.32 Å². The topological polar surface area (TPSA) is 54.9 Å². The van der Waals surface area contributed by atoms with Crippen LogP contribution >= 0.6 is 11.8 Å². The summed E-state index contributed by atoms with van der Waals surface area (Å²) in [7, 11) is 0. The predicted molar refractivity (Wildman–Crippen MR) is 104 cm³/mol. The lowest BCUT2D eigenvalue weighted by Gasteiger charge is -2.21. The minimum Gasteiger partial charge on any atom is -0.349 e. The van der Waals surface area contributed by atoms with Crippen LogP contribution in [-0.4, -0.2) is 21.6 Å². The Morgan fingerprint density at radius 1 is 1.08 bits per heavy atom. The maximum atomic E-state index is 12.4. The fraction of sp³-hybridized carbons (Fsp3) is 0.450. The van der Waals surface area contributed by atoms with Crippen LogP contribution in [0.25, 0.3) is 0 Å². The molecule has 0 saturated heterocycles. The molecule has 2 rings (SSSR count). The third kappa shape index (κ3) is 5.85. The Hall–Kier alpha value is -1.88. The highest BCUT2D eigenvalue weighted by Crippen LogP contribution is 2.22. The Morgan fingerprint density at radius 2 is 1.68 bits per heavy atom. The Bertz CT molecular complexity index is 693. The zero-order valence-electron chi connectivity index (χ0n) is 15.7. The predicted octanol–water partition coefficient (Wildman–Crippen LogP) is 4.40. The van der Waals surface area contributed by atoms with Crippen LogP contribution in [-0.2, 0) is 4.79 Å². The Kier molecular flexibility index (Phi) is 7.00. The zero-order chi connectivity index (χ0) is 18.4. The molecule has 0 bridgehead atoms. The molecule has 0 spiro atoms. The summed E-state index contributed by atoms with van der Waals surface area (Å²) in [4.78, 5) is 21.4. The van der Waals surface area contributed by atoms with Gasteiger partial charge in [0.2, 0.25) is 5.91 Å². The van der Waals surface area contributed by atoms with Crippen LogP contribution in [0.2, 0.25) is 0 Å². The van der Waals surface area contributed by atoms with E-state index in [0.29, 0.717) is 16.8 Å². The lowest BCUT2D eigenvalue weighted by Crippen LogP contribution is -2.31. The van der Waals surface area contributed by atoms with E-state index in [9.17, 15) is 4.79 Å². The van der Waals surface area contributed by atoms with E-state index in [1.54, 1.807) is 0 Å². The third-order valence-electron chi connectivity index (χ3n) is 4.19. The molecule has 1 amide bonds. The minimum absolute atomic E-state index is 0.0129. The molecule has 1 aromatic carbocycles. The lowest BCUT2D eigenvalue weighted by molar-refractivity contribution is -0.119. The van der Waals surface area contributed by atoms with Gasteiger partial charge in [0.15, 0.2) is 5.16 Å². The normalized spacial score (nSPS) is 12.2. The van der Waals surface area contributed by atoms with Crippen molar-refractivity contribution >= 4 is 17.7 Å². The number of nitrogens with zero attached hydrogens (tertiary/aromatic N) is 2. The Labute approximate surface area is 154 Å². The molecule has 0 radical (unpaired) electrons. The number of aromatic nitrogens is 2. The second-order valence-electron chi connectivity index (χ2n) is 6.75. The van der Waals surface area contributed by atoms with E-state index in [2.05, 4.69) is 41.3 Å². The van der Waals surface area contributed by atoms with Crippen molar-refractivity contribution in [1.29, 1.82) is 0 Å². The summed E-state index contributed by atoms with van der Waals surface area (Å²) in [6, 6.07) is 10.2. The van der Waals surface area contributed by atoms with Gasteiger partial charge in [-0.15, -0.1) is 0 Å². The monoisotopic (exact) mass is 357 g/mol. The summed E-state index contributed by atoms with van der Waals surface area (Å²) in [5.74, 6) is 0.839. The van der Waals surface area contributed by atoms with E-state index in [0.717, 1.165) is 28.9 Å². The van der Waals surface area contributed by atoms with E-state index in [-0.39, 0.29) is 11.9 Å². The standard InChI is InChI=1S/C20H27N3OS/c1-13(2)11-18(17-9-7-6-8-10-17)23-19(24)12-25-20-21-15(4)14(3)16(5)22-20/h6-10,13,18H,11-12H2,1-5H3,(H,23,24)/t18-/m0/s1. The van der Waals surface area contributed by atoms with Crippen molar-refractivity contribution in [3.63, 3.8) is 0 Å². The van der Waals surface area contributed by atoms with Gasteiger partial charge in [0.05, 0.1) is 11.8 Å². The molecule has 1 atom stereocenters. The molecule has 0 fully saturated rings. The van der Waals surface area contributed by atoms with Gasteiger partial charge in [-0.1, -0.05) is 55.9 Å². The molecule has 134 valence electrons. The van der Waals surface area contributed by atoms with E-state index >= 15 is 0 Å². The molecule has 2 aromatic rings. The van der Waals surface area contributed by atoms with E-state index in [4.69, 9.17) is 0 Å². The van der Waals surface area contributed by atoms with Gasteiger partial charge in [-0.2, -0.15) is 0 Å². The highest BCUT2D eigenvalue weighted by atomic mass is 32.2.